The molecular weight excluding hydrogens is 130 g/mol. The zero-order chi connectivity index (χ0) is 7.56. The Bertz CT molecular complexity index is 137. The van der Waals surface area contributed by atoms with E-state index in [1.165, 1.54) is 0 Å². The molecule has 2 amide bonds. The SMILES string of the molecule is CN1CCC(NC(N)=O)C1. The first-order chi connectivity index (χ1) is 4.68. The van der Waals surface area contributed by atoms with Gasteiger partial charge in [0, 0.05) is 12.6 Å². The Morgan fingerprint density at radius 2 is 2.50 bits per heavy atom. The average Bonchev–Trinajstić information content (AvgIpc) is 2.13. The van der Waals surface area contributed by atoms with E-state index >= 15 is 0 Å². The number of rotatable bonds is 1. The molecule has 1 fully saturated rings. The van der Waals surface area contributed by atoms with Crippen molar-refractivity contribution in [1.82, 2.24) is 10.2 Å². The molecule has 0 aromatic heterocycles. The minimum Gasteiger partial charge on any atom is -0.352 e. The highest BCUT2D eigenvalue weighted by Gasteiger charge is 2.19. The van der Waals surface area contributed by atoms with E-state index in [0.717, 1.165) is 19.5 Å². The largest absolute Gasteiger partial charge is 0.352 e. The number of likely N-dealkylation sites (N-methyl/N-ethyl adjacent to an activating group) is 1. The van der Waals surface area contributed by atoms with Crippen LogP contribution in [0.5, 0.6) is 0 Å². The number of hydrogen-bond acceptors (Lipinski definition) is 2. The molecule has 1 heterocycles. The number of nitrogens with zero attached hydrogens (tertiary/aromatic N) is 1. The molecule has 0 radical (unpaired) electrons. The highest BCUT2D eigenvalue weighted by molar-refractivity contribution is 5.72. The van der Waals surface area contributed by atoms with Crippen LogP contribution in [-0.2, 0) is 0 Å². The van der Waals surface area contributed by atoms with E-state index in [-0.39, 0.29) is 6.04 Å². The van der Waals surface area contributed by atoms with Crippen LogP contribution in [0.2, 0.25) is 0 Å². The van der Waals surface area contributed by atoms with Gasteiger partial charge in [-0.1, -0.05) is 0 Å². The highest BCUT2D eigenvalue weighted by Crippen LogP contribution is 2.04. The van der Waals surface area contributed by atoms with Crippen molar-refractivity contribution in [1.29, 1.82) is 0 Å². The van der Waals surface area contributed by atoms with Gasteiger partial charge >= 0.3 is 6.03 Å². The second kappa shape index (κ2) is 2.88. The Labute approximate surface area is 60.4 Å². The van der Waals surface area contributed by atoms with Gasteiger partial charge in [0.15, 0.2) is 0 Å². The minimum atomic E-state index is -0.416. The summed E-state index contributed by atoms with van der Waals surface area (Å²) in [5, 5.41) is 2.67. The molecule has 0 saturated carbocycles. The maximum atomic E-state index is 10.4. The summed E-state index contributed by atoms with van der Waals surface area (Å²) in [5.74, 6) is 0. The molecule has 4 nitrogen and oxygen atoms in total. The van der Waals surface area contributed by atoms with Gasteiger partial charge in [0.25, 0.3) is 0 Å². The lowest BCUT2D eigenvalue weighted by atomic mass is 10.3. The Morgan fingerprint density at radius 1 is 1.80 bits per heavy atom. The first-order valence-corrected chi connectivity index (χ1v) is 3.43. The van der Waals surface area contributed by atoms with Crippen molar-refractivity contribution in [3.63, 3.8) is 0 Å². The van der Waals surface area contributed by atoms with Crippen LogP contribution in [0.15, 0.2) is 0 Å². The third kappa shape index (κ3) is 1.88. The van der Waals surface area contributed by atoms with Crippen molar-refractivity contribution in [3.05, 3.63) is 0 Å². The standard InChI is InChI=1S/C6H13N3O/c1-9-3-2-5(4-9)8-6(7)10/h5H,2-4H2,1H3,(H3,7,8,10). The number of amides is 2. The monoisotopic (exact) mass is 143 g/mol. The van der Waals surface area contributed by atoms with Crippen molar-refractivity contribution in [2.75, 3.05) is 20.1 Å². The van der Waals surface area contributed by atoms with E-state index in [4.69, 9.17) is 5.73 Å². The fourth-order valence-electron chi connectivity index (χ4n) is 1.25. The van der Waals surface area contributed by atoms with Gasteiger partial charge < -0.3 is 16.0 Å². The van der Waals surface area contributed by atoms with E-state index in [0.29, 0.717) is 0 Å². The van der Waals surface area contributed by atoms with Crippen molar-refractivity contribution in [2.24, 2.45) is 5.73 Å². The molecule has 10 heavy (non-hydrogen) atoms. The molecule has 0 bridgehead atoms. The van der Waals surface area contributed by atoms with Crippen LogP contribution in [0.1, 0.15) is 6.42 Å². The summed E-state index contributed by atoms with van der Waals surface area (Å²) in [4.78, 5) is 12.5. The molecular formula is C6H13N3O. The van der Waals surface area contributed by atoms with Crippen LogP contribution in [0.25, 0.3) is 0 Å². The van der Waals surface area contributed by atoms with Gasteiger partial charge in [-0.3, -0.25) is 0 Å². The first kappa shape index (κ1) is 7.34. The van der Waals surface area contributed by atoms with E-state index in [2.05, 4.69) is 10.2 Å². The van der Waals surface area contributed by atoms with E-state index < -0.39 is 6.03 Å². The molecule has 1 atom stereocenters. The molecule has 0 spiro atoms. The zero-order valence-electron chi connectivity index (χ0n) is 6.13. The summed E-state index contributed by atoms with van der Waals surface area (Å²) in [5.41, 5.74) is 4.95. The summed E-state index contributed by atoms with van der Waals surface area (Å²) in [6.45, 7) is 1.97. The quantitative estimate of drug-likeness (QED) is 0.513. The first-order valence-electron chi connectivity index (χ1n) is 3.43. The Balaban J connectivity index is 2.24. The van der Waals surface area contributed by atoms with Crippen molar-refractivity contribution in [2.45, 2.75) is 12.5 Å². The van der Waals surface area contributed by atoms with Crippen LogP contribution >= 0.6 is 0 Å². The molecule has 0 aliphatic carbocycles. The van der Waals surface area contributed by atoms with Gasteiger partial charge in [0.2, 0.25) is 0 Å². The number of likely N-dealkylation sites (tertiary alicyclic amines) is 1. The molecule has 1 aliphatic rings. The predicted molar refractivity (Wildman–Crippen MR) is 38.6 cm³/mol. The van der Waals surface area contributed by atoms with Crippen LogP contribution in [0.4, 0.5) is 4.79 Å². The minimum absolute atomic E-state index is 0.266. The second-order valence-electron chi connectivity index (χ2n) is 2.76. The fourth-order valence-corrected chi connectivity index (χ4v) is 1.25. The second-order valence-corrected chi connectivity index (χ2v) is 2.76. The van der Waals surface area contributed by atoms with E-state index in [1.807, 2.05) is 7.05 Å². The lowest BCUT2D eigenvalue weighted by Crippen LogP contribution is -2.39. The molecule has 4 heteroatoms. The molecule has 1 aliphatic heterocycles. The van der Waals surface area contributed by atoms with Crippen LogP contribution in [0.3, 0.4) is 0 Å². The third-order valence-electron chi connectivity index (χ3n) is 1.74. The lowest BCUT2D eigenvalue weighted by molar-refractivity contribution is 0.245. The summed E-state index contributed by atoms with van der Waals surface area (Å²) >= 11 is 0. The number of hydrogen-bond donors (Lipinski definition) is 2. The lowest BCUT2D eigenvalue weighted by Gasteiger charge is -2.09. The van der Waals surface area contributed by atoms with Crippen molar-refractivity contribution in [3.8, 4) is 0 Å². The number of nitrogens with two attached hydrogens (primary N) is 1. The van der Waals surface area contributed by atoms with Crippen molar-refractivity contribution < 1.29 is 4.79 Å². The topological polar surface area (TPSA) is 58.4 Å². The fraction of sp³-hybridized carbons (Fsp3) is 0.833. The predicted octanol–water partition coefficient (Wildman–Crippen LogP) is -0.641. The van der Waals surface area contributed by atoms with E-state index in [1.54, 1.807) is 0 Å². The Hall–Kier alpha value is -0.770. The summed E-state index contributed by atoms with van der Waals surface area (Å²) in [7, 11) is 2.03. The molecule has 58 valence electrons. The van der Waals surface area contributed by atoms with Crippen LogP contribution in [0, 0.1) is 0 Å². The van der Waals surface area contributed by atoms with Gasteiger partial charge in [-0.25, -0.2) is 4.79 Å². The number of urea groups is 1. The number of carbonyl (C=O) groups excluding carboxylic acids is 1. The molecule has 3 N–H and O–H groups in total. The normalized spacial score (nSPS) is 26.7. The van der Waals surface area contributed by atoms with Gasteiger partial charge in [0.05, 0.1) is 0 Å². The maximum absolute atomic E-state index is 10.4. The molecule has 1 unspecified atom stereocenters. The molecule has 1 saturated heterocycles. The summed E-state index contributed by atoms with van der Waals surface area (Å²) in [6, 6.07) is -0.150. The van der Waals surface area contributed by atoms with Crippen LogP contribution in [-0.4, -0.2) is 37.1 Å². The van der Waals surface area contributed by atoms with Gasteiger partial charge in [-0.15, -0.1) is 0 Å². The van der Waals surface area contributed by atoms with Crippen molar-refractivity contribution >= 4 is 6.03 Å². The smallest absolute Gasteiger partial charge is 0.312 e. The van der Waals surface area contributed by atoms with E-state index in [9.17, 15) is 4.79 Å². The molecule has 1 rings (SSSR count). The average molecular weight is 143 g/mol. The summed E-state index contributed by atoms with van der Waals surface area (Å²) < 4.78 is 0. The summed E-state index contributed by atoms with van der Waals surface area (Å²) in [6.07, 6.45) is 1.01. The van der Waals surface area contributed by atoms with Gasteiger partial charge in [-0.2, -0.15) is 0 Å². The maximum Gasteiger partial charge on any atom is 0.312 e. The number of nitrogens with one attached hydrogen (secondary N) is 1. The van der Waals surface area contributed by atoms with Crippen LogP contribution < -0.4 is 11.1 Å². The Morgan fingerprint density at radius 3 is 2.90 bits per heavy atom. The Kier molecular flexibility index (Phi) is 2.11. The van der Waals surface area contributed by atoms with Gasteiger partial charge in [-0.05, 0) is 20.0 Å². The molecule has 0 aromatic rings. The highest BCUT2D eigenvalue weighted by atomic mass is 16.2. The zero-order valence-corrected chi connectivity index (χ0v) is 6.13. The number of primary amides is 1. The third-order valence-corrected chi connectivity index (χ3v) is 1.74. The van der Waals surface area contributed by atoms with Gasteiger partial charge in [0.1, 0.15) is 0 Å². The molecule has 0 aromatic carbocycles. The number of carbonyl (C=O) groups is 1.